The molecule has 1 amide bonds. The zero-order chi connectivity index (χ0) is 24.2. The van der Waals surface area contributed by atoms with Gasteiger partial charge < -0.3 is 20.1 Å². The summed E-state index contributed by atoms with van der Waals surface area (Å²) in [6.07, 6.45) is 2.62. The number of benzene rings is 3. The van der Waals surface area contributed by atoms with Gasteiger partial charge in [-0.1, -0.05) is 47.5 Å². The predicted octanol–water partition coefficient (Wildman–Crippen LogP) is 5.78. The molecule has 1 aliphatic rings. The van der Waals surface area contributed by atoms with Crippen molar-refractivity contribution in [3.8, 4) is 11.5 Å². The molecule has 178 valence electrons. The normalized spacial score (nSPS) is 15.1. The third-order valence-corrected chi connectivity index (χ3v) is 6.96. The minimum absolute atomic E-state index is 0.0457. The number of hydrogen-bond donors (Lipinski definition) is 1. The number of para-hydroxylation sites is 1. The average molecular weight is 499 g/mol. The van der Waals surface area contributed by atoms with Crippen LogP contribution in [-0.4, -0.2) is 26.7 Å². The SMILES string of the molecule is COc1cc2c(cc1OC)[C@H](CCc1ccc(Cl)cc1Cl)N(c1ccccc1CC(N)=O)CC2. The molecule has 34 heavy (non-hydrogen) atoms. The van der Waals surface area contributed by atoms with Crippen LogP contribution in [-0.2, 0) is 24.1 Å². The summed E-state index contributed by atoms with van der Waals surface area (Å²) in [5, 5.41) is 1.28. The van der Waals surface area contributed by atoms with Gasteiger partial charge >= 0.3 is 0 Å². The molecule has 4 rings (SSSR count). The highest BCUT2D eigenvalue weighted by molar-refractivity contribution is 6.35. The van der Waals surface area contributed by atoms with Crippen LogP contribution in [0.2, 0.25) is 10.0 Å². The summed E-state index contributed by atoms with van der Waals surface area (Å²) >= 11 is 12.6. The zero-order valence-electron chi connectivity index (χ0n) is 19.3. The van der Waals surface area contributed by atoms with Gasteiger partial charge in [0.25, 0.3) is 0 Å². The average Bonchev–Trinajstić information content (AvgIpc) is 2.82. The molecule has 0 aromatic heterocycles. The standard InChI is InChI=1S/C27H28Cl2N2O3/c1-33-25-13-18-11-12-31(23-6-4-3-5-19(23)14-27(30)32)24(21(18)16-26(25)34-2)10-8-17-7-9-20(28)15-22(17)29/h3-7,9,13,15-16,24H,8,10-12,14H2,1-2H3,(H2,30,32)/t24-/m0/s1. The highest BCUT2D eigenvalue weighted by Crippen LogP contribution is 2.42. The number of anilines is 1. The van der Waals surface area contributed by atoms with Gasteiger partial charge in [0.2, 0.25) is 5.91 Å². The van der Waals surface area contributed by atoms with Gasteiger partial charge in [0.15, 0.2) is 11.5 Å². The quantitative estimate of drug-likeness (QED) is 0.427. The maximum Gasteiger partial charge on any atom is 0.221 e. The first-order chi connectivity index (χ1) is 16.4. The summed E-state index contributed by atoms with van der Waals surface area (Å²) in [6, 6.07) is 17.8. The predicted molar refractivity (Wildman–Crippen MR) is 137 cm³/mol. The van der Waals surface area contributed by atoms with Crippen molar-refractivity contribution >= 4 is 34.8 Å². The molecule has 0 spiro atoms. The Kier molecular flexibility index (Phi) is 7.54. The molecule has 0 saturated heterocycles. The number of nitrogens with zero attached hydrogens (tertiary/aromatic N) is 1. The van der Waals surface area contributed by atoms with Crippen molar-refractivity contribution in [3.05, 3.63) is 86.9 Å². The van der Waals surface area contributed by atoms with E-state index >= 15 is 0 Å². The minimum Gasteiger partial charge on any atom is -0.493 e. The Hall–Kier alpha value is -2.89. The van der Waals surface area contributed by atoms with Crippen LogP contribution in [0.5, 0.6) is 11.5 Å². The molecule has 1 heterocycles. The Balaban J connectivity index is 1.76. The second-order valence-electron chi connectivity index (χ2n) is 8.41. The highest BCUT2D eigenvalue weighted by atomic mass is 35.5. The third-order valence-electron chi connectivity index (χ3n) is 6.37. The lowest BCUT2D eigenvalue weighted by Gasteiger charge is -2.40. The second kappa shape index (κ2) is 10.6. The van der Waals surface area contributed by atoms with E-state index in [2.05, 4.69) is 23.1 Å². The van der Waals surface area contributed by atoms with Gasteiger partial charge in [0.1, 0.15) is 0 Å². The summed E-state index contributed by atoms with van der Waals surface area (Å²) in [4.78, 5) is 14.1. The molecule has 0 bridgehead atoms. The molecule has 0 saturated carbocycles. The number of aryl methyl sites for hydroxylation is 1. The minimum atomic E-state index is -0.347. The van der Waals surface area contributed by atoms with E-state index in [9.17, 15) is 4.79 Å². The van der Waals surface area contributed by atoms with E-state index in [1.54, 1.807) is 20.3 Å². The number of halogens is 2. The van der Waals surface area contributed by atoms with Crippen molar-refractivity contribution in [1.82, 2.24) is 0 Å². The number of carbonyl (C=O) groups is 1. The molecule has 0 radical (unpaired) electrons. The van der Waals surface area contributed by atoms with Crippen molar-refractivity contribution in [1.29, 1.82) is 0 Å². The van der Waals surface area contributed by atoms with E-state index in [1.165, 1.54) is 11.1 Å². The largest absolute Gasteiger partial charge is 0.493 e. The van der Waals surface area contributed by atoms with Crippen molar-refractivity contribution < 1.29 is 14.3 Å². The fourth-order valence-corrected chi connectivity index (χ4v) is 5.28. The van der Waals surface area contributed by atoms with Gasteiger partial charge in [-0.2, -0.15) is 0 Å². The van der Waals surface area contributed by atoms with Crippen LogP contribution in [0.25, 0.3) is 0 Å². The second-order valence-corrected chi connectivity index (χ2v) is 9.26. The van der Waals surface area contributed by atoms with E-state index in [0.717, 1.165) is 48.4 Å². The fourth-order valence-electron chi connectivity index (χ4n) is 4.77. The zero-order valence-corrected chi connectivity index (χ0v) is 20.8. The van der Waals surface area contributed by atoms with Crippen LogP contribution in [0.3, 0.4) is 0 Å². The number of nitrogens with two attached hydrogens (primary N) is 1. The Morgan fingerprint density at radius 2 is 1.76 bits per heavy atom. The first-order valence-electron chi connectivity index (χ1n) is 11.2. The summed E-state index contributed by atoms with van der Waals surface area (Å²) in [5.74, 6) is 1.08. The molecule has 3 aromatic carbocycles. The van der Waals surface area contributed by atoms with Crippen molar-refractivity contribution in [3.63, 3.8) is 0 Å². The van der Waals surface area contributed by atoms with Crippen molar-refractivity contribution in [2.45, 2.75) is 31.7 Å². The number of fused-ring (bicyclic) bond motifs is 1. The van der Waals surface area contributed by atoms with Crippen LogP contribution < -0.4 is 20.1 Å². The summed E-state index contributed by atoms with van der Waals surface area (Å²) < 4.78 is 11.2. The van der Waals surface area contributed by atoms with E-state index in [0.29, 0.717) is 15.8 Å². The lowest BCUT2D eigenvalue weighted by Crippen LogP contribution is -2.37. The Labute approximate surface area is 210 Å². The maximum absolute atomic E-state index is 11.8. The van der Waals surface area contributed by atoms with Gasteiger partial charge in [-0.15, -0.1) is 0 Å². The van der Waals surface area contributed by atoms with Crippen LogP contribution in [0.4, 0.5) is 5.69 Å². The van der Waals surface area contributed by atoms with E-state index < -0.39 is 0 Å². The maximum atomic E-state index is 11.8. The number of rotatable bonds is 8. The number of hydrogen-bond acceptors (Lipinski definition) is 4. The smallest absolute Gasteiger partial charge is 0.221 e. The molecule has 0 fully saturated rings. The summed E-state index contributed by atoms with van der Waals surface area (Å²) in [6.45, 7) is 0.803. The number of methoxy groups -OCH3 is 2. The van der Waals surface area contributed by atoms with Crippen molar-refractivity contribution in [2.24, 2.45) is 5.73 Å². The number of ether oxygens (including phenoxy) is 2. The van der Waals surface area contributed by atoms with Gasteiger partial charge in [-0.25, -0.2) is 0 Å². The molecule has 0 unspecified atom stereocenters. The highest BCUT2D eigenvalue weighted by Gasteiger charge is 2.30. The first-order valence-corrected chi connectivity index (χ1v) is 12.0. The summed E-state index contributed by atoms with van der Waals surface area (Å²) in [7, 11) is 3.30. The van der Waals surface area contributed by atoms with Crippen LogP contribution in [0, 0.1) is 0 Å². The van der Waals surface area contributed by atoms with Crippen molar-refractivity contribution in [2.75, 3.05) is 25.7 Å². The molecule has 1 atom stereocenters. The molecule has 7 heteroatoms. The lowest BCUT2D eigenvalue weighted by molar-refractivity contribution is -0.117. The van der Waals surface area contributed by atoms with E-state index in [1.807, 2.05) is 30.3 Å². The topological polar surface area (TPSA) is 64.8 Å². The molecular weight excluding hydrogens is 471 g/mol. The Bertz CT molecular complexity index is 1200. The van der Waals surface area contributed by atoms with Gasteiger partial charge in [-0.3, -0.25) is 4.79 Å². The monoisotopic (exact) mass is 498 g/mol. The number of amides is 1. The molecule has 2 N–H and O–H groups in total. The molecule has 5 nitrogen and oxygen atoms in total. The van der Waals surface area contributed by atoms with Gasteiger partial charge in [0, 0.05) is 22.3 Å². The van der Waals surface area contributed by atoms with E-state index in [-0.39, 0.29) is 18.4 Å². The van der Waals surface area contributed by atoms with E-state index in [4.69, 9.17) is 38.4 Å². The molecule has 3 aromatic rings. The molecule has 0 aliphatic carbocycles. The molecule has 1 aliphatic heterocycles. The van der Waals surface area contributed by atoms with Crippen LogP contribution in [0.1, 0.15) is 34.7 Å². The van der Waals surface area contributed by atoms with Crippen LogP contribution >= 0.6 is 23.2 Å². The molecular formula is C27H28Cl2N2O3. The number of carbonyl (C=O) groups excluding carboxylic acids is 1. The lowest BCUT2D eigenvalue weighted by atomic mass is 9.87. The van der Waals surface area contributed by atoms with Gasteiger partial charge in [0.05, 0.1) is 26.7 Å². The Morgan fingerprint density at radius 1 is 1.03 bits per heavy atom. The first kappa shape index (κ1) is 24.2. The number of primary amides is 1. The fraction of sp³-hybridized carbons (Fsp3) is 0.296. The van der Waals surface area contributed by atoms with Gasteiger partial charge in [-0.05, 0) is 71.8 Å². The Morgan fingerprint density at radius 3 is 2.47 bits per heavy atom. The summed E-state index contributed by atoms with van der Waals surface area (Å²) in [5.41, 5.74) is 11.0. The van der Waals surface area contributed by atoms with Crippen LogP contribution in [0.15, 0.2) is 54.6 Å². The third kappa shape index (κ3) is 5.11.